The predicted octanol–water partition coefficient (Wildman–Crippen LogP) is 3.61. The van der Waals surface area contributed by atoms with Crippen molar-refractivity contribution in [2.75, 3.05) is 0 Å². The molecule has 0 spiro atoms. The molecule has 1 rings (SSSR count). The molecule has 0 bridgehead atoms. The van der Waals surface area contributed by atoms with E-state index in [0.29, 0.717) is 22.9 Å². The molecule has 20 heavy (non-hydrogen) atoms. The molecule has 0 aliphatic rings. The molecule has 0 saturated heterocycles. The van der Waals surface area contributed by atoms with Crippen LogP contribution in [0.15, 0.2) is 21.1 Å². The van der Waals surface area contributed by atoms with Crippen molar-refractivity contribution in [1.82, 2.24) is 0 Å². The predicted molar refractivity (Wildman–Crippen MR) is 79.4 cm³/mol. The van der Waals surface area contributed by atoms with Gasteiger partial charge in [-0.1, -0.05) is 15.9 Å². The Morgan fingerprint density at radius 3 is 2.45 bits per heavy atom. The molecule has 0 aliphatic carbocycles. The number of phenols is 1. The summed E-state index contributed by atoms with van der Waals surface area (Å²) in [6, 6.07) is 3.35. The summed E-state index contributed by atoms with van der Waals surface area (Å²) in [5.74, 6) is -1.25. The van der Waals surface area contributed by atoms with Gasteiger partial charge < -0.3 is 14.9 Å². The monoisotopic (exact) mass is 408 g/mol. The van der Waals surface area contributed by atoms with Gasteiger partial charge in [-0.25, -0.2) is 0 Å². The van der Waals surface area contributed by atoms with E-state index in [1.165, 1.54) is 0 Å². The Bertz CT molecular complexity index is 502. The molecule has 0 radical (unpaired) electrons. The summed E-state index contributed by atoms with van der Waals surface area (Å²) in [4.78, 5) is 21.8. The molecule has 1 aromatic rings. The maximum atomic E-state index is 11.5. The van der Waals surface area contributed by atoms with Crippen molar-refractivity contribution in [2.45, 2.75) is 32.3 Å². The van der Waals surface area contributed by atoms with Gasteiger partial charge >= 0.3 is 11.9 Å². The fourth-order valence-electron chi connectivity index (χ4n) is 1.51. The standard InChI is InChI=1S/C13H14Br2O5/c14-9-5-8(13(19)10(15)6-9)7-20-12(18)4-2-1-3-11(16)17/h5-6,19H,1-4,7H2,(H,16,17). The van der Waals surface area contributed by atoms with Crippen LogP contribution in [0.2, 0.25) is 0 Å². The van der Waals surface area contributed by atoms with Crippen molar-refractivity contribution in [3.05, 3.63) is 26.6 Å². The van der Waals surface area contributed by atoms with Crippen LogP contribution in [0.5, 0.6) is 5.75 Å². The summed E-state index contributed by atoms with van der Waals surface area (Å²) in [7, 11) is 0. The lowest BCUT2D eigenvalue weighted by atomic mass is 10.2. The minimum atomic E-state index is -0.873. The zero-order valence-corrected chi connectivity index (χ0v) is 13.7. The first kappa shape index (κ1) is 17.0. The number of unbranched alkanes of at least 4 members (excludes halogenated alkanes) is 1. The van der Waals surface area contributed by atoms with Crippen LogP contribution < -0.4 is 0 Å². The number of carboxylic acid groups (broad SMARTS) is 1. The average molecular weight is 410 g/mol. The molecule has 5 nitrogen and oxygen atoms in total. The first-order valence-corrected chi connectivity index (χ1v) is 7.53. The van der Waals surface area contributed by atoms with E-state index in [0.717, 1.165) is 4.47 Å². The van der Waals surface area contributed by atoms with Crippen LogP contribution in [0.25, 0.3) is 0 Å². The van der Waals surface area contributed by atoms with Crippen molar-refractivity contribution in [3.63, 3.8) is 0 Å². The van der Waals surface area contributed by atoms with E-state index >= 15 is 0 Å². The van der Waals surface area contributed by atoms with Gasteiger partial charge in [0.2, 0.25) is 0 Å². The molecule has 1 aromatic carbocycles. The third-order valence-electron chi connectivity index (χ3n) is 2.52. The maximum absolute atomic E-state index is 11.5. The minimum Gasteiger partial charge on any atom is -0.506 e. The molecule has 0 amide bonds. The molecule has 0 aliphatic heterocycles. The van der Waals surface area contributed by atoms with Gasteiger partial charge in [-0.2, -0.15) is 0 Å². The summed E-state index contributed by atoms with van der Waals surface area (Å²) in [5.41, 5.74) is 0.491. The van der Waals surface area contributed by atoms with Gasteiger partial charge in [-0.05, 0) is 40.9 Å². The number of phenolic OH excluding ortho intramolecular Hbond substituents is 1. The Morgan fingerprint density at radius 2 is 1.80 bits per heavy atom. The third-order valence-corrected chi connectivity index (χ3v) is 3.58. The number of halogens is 2. The third kappa shape index (κ3) is 5.92. The second-order valence-corrected chi connectivity index (χ2v) is 5.93. The smallest absolute Gasteiger partial charge is 0.306 e. The van der Waals surface area contributed by atoms with Crippen LogP contribution in [0, 0.1) is 0 Å². The fraction of sp³-hybridized carbons (Fsp3) is 0.385. The number of hydrogen-bond donors (Lipinski definition) is 2. The number of esters is 1. The van der Waals surface area contributed by atoms with Crippen molar-refractivity contribution >= 4 is 43.8 Å². The number of hydrogen-bond acceptors (Lipinski definition) is 4. The lowest BCUT2D eigenvalue weighted by Crippen LogP contribution is -2.05. The highest BCUT2D eigenvalue weighted by Gasteiger charge is 2.10. The van der Waals surface area contributed by atoms with E-state index in [2.05, 4.69) is 31.9 Å². The normalized spacial score (nSPS) is 10.3. The van der Waals surface area contributed by atoms with Crippen molar-refractivity contribution in [2.24, 2.45) is 0 Å². The van der Waals surface area contributed by atoms with Crippen LogP contribution in [-0.2, 0) is 20.9 Å². The molecule has 0 aromatic heterocycles. The van der Waals surface area contributed by atoms with Crippen LogP contribution in [0.3, 0.4) is 0 Å². The number of carbonyl (C=O) groups excluding carboxylic acids is 1. The molecule has 2 N–H and O–H groups in total. The lowest BCUT2D eigenvalue weighted by molar-refractivity contribution is -0.145. The van der Waals surface area contributed by atoms with Gasteiger partial charge in [-0.15, -0.1) is 0 Å². The lowest BCUT2D eigenvalue weighted by Gasteiger charge is -2.08. The molecule has 0 unspecified atom stereocenters. The van der Waals surface area contributed by atoms with Crippen molar-refractivity contribution in [3.8, 4) is 5.75 Å². The SMILES string of the molecule is O=C(O)CCCCC(=O)OCc1cc(Br)cc(Br)c1O. The number of aliphatic carboxylic acids is 1. The fourth-order valence-corrected chi connectivity index (χ4v) is 2.82. The summed E-state index contributed by atoms with van der Waals surface area (Å²) < 4.78 is 6.31. The summed E-state index contributed by atoms with van der Waals surface area (Å²) in [5, 5.41) is 18.2. The first-order valence-electron chi connectivity index (χ1n) is 5.94. The number of ether oxygens (including phenoxy) is 1. The first-order chi connectivity index (χ1) is 9.40. The molecule has 110 valence electrons. The van der Waals surface area contributed by atoms with Gasteiger partial charge in [0.05, 0.1) is 4.47 Å². The Hall–Kier alpha value is -1.08. The highest BCUT2D eigenvalue weighted by Crippen LogP contribution is 2.32. The zero-order valence-electron chi connectivity index (χ0n) is 10.6. The molecular formula is C13H14Br2O5. The number of benzene rings is 1. The van der Waals surface area contributed by atoms with E-state index in [4.69, 9.17) is 9.84 Å². The molecule has 0 saturated carbocycles. The number of aromatic hydroxyl groups is 1. The summed E-state index contributed by atoms with van der Waals surface area (Å²) in [6.07, 6.45) is 1.13. The van der Waals surface area contributed by atoms with Gasteiger partial charge in [-0.3, -0.25) is 9.59 Å². The molecule has 7 heteroatoms. The van der Waals surface area contributed by atoms with Crippen molar-refractivity contribution < 1.29 is 24.5 Å². The van der Waals surface area contributed by atoms with Crippen LogP contribution >= 0.6 is 31.9 Å². The molecular weight excluding hydrogens is 396 g/mol. The Kier molecular flexibility index (Phi) is 7.01. The van der Waals surface area contributed by atoms with Gasteiger partial charge in [0.25, 0.3) is 0 Å². The van der Waals surface area contributed by atoms with E-state index in [1.54, 1.807) is 12.1 Å². The number of carbonyl (C=O) groups is 2. The Labute approximate surface area is 133 Å². The zero-order chi connectivity index (χ0) is 15.1. The van der Waals surface area contributed by atoms with E-state index < -0.39 is 11.9 Å². The number of carboxylic acids is 1. The quantitative estimate of drug-likeness (QED) is 0.530. The number of rotatable bonds is 7. The van der Waals surface area contributed by atoms with Crippen LogP contribution in [-0.4, -0.2) is 22.2 Å². The van der Waals surface area contributed by atoms with Crippen molar-refractivity contribution in [1.29, 1.82) is 0 Å². The highest BCUT2D eigenvalue weighted by molar-refractivity contribution is 9.11. The average Bonchev–Trinajstić information content (AvgIpc) is 2.37. The molecule has 0 fully saturated rings. The van der Waals surface area contributed by atoms with E-state index in [9.17, 15) is 14.7 Å². The summed E-state index contributed by atoms with van der Waals surface area (Å²) in [6.45, 7) is -0.0262. The topological polar surface area (TPSA) is 83.8 Å². The maximum Gasteiger partial charge on any atom is 0.306 e. The largest absolute Gasteiger partial charge is 0.506 e. The van der Waals surface area contributed by atoms with Gasteiger partial charge in [0, 0.05) is 22.9 Å². The highest BCUT2D eigenvalue weighted by atomic mass is 79.9. The summed E-state index contributed by atoms with van der Waals surface area (Å²) >= 11 is 6.47. The Morgan fingerprint density at radius 1 is 1.15 bits per heavy atom. The van der Waals surface area contributed by atoms with Crippen LogP contribution in [0.1, 0.15) is 31.2 Å². The minimum absolute atomic E-state index is 0.0262. The molecule has 0 heterocycles. The second-order valence-electron chi connectivity index (χ2n) is 4.16. The van der Waals surface area contributed by atoms with Crippen LogP contribution in [0.4, 0.5) is 0 Å². The van der Waals surface area contributed by atoms with Gasteiger partial charge in [0.1, 0.15) is 12.4 Å². The van der Waals surface area contributed by atoms with E-state index in [-0.39, 0.29) is 25.2 Å². The van der Waals surface area contributed by atoms with E-state index in [1.807, 2.05) is 0 Å². The molecule has 0 atom stereocenters. The van der Waals surface area contributed by atoms with Gasteiger partial charge in [0.15, 0.2) is 0 Å². The second kappa shape index (κ2) is 8.26. The Balaban J connectivity index is 2.39.